The minimum atomic E-state index is -3.78. The zero-order valence-electron chi connectivity index (χ0n) is 15.1. The molecule has 0 saturated carbocycles. The Kier molecular flexibility index (Phi) is 5.21. The largest absolute Gasteiger partial charge is 0.488 e. The molecule has 0 spiro atoms. The van der Waals surface area contributed by atoms with E-state index in [2.05, 4.69) is 0 Å². The number of hydrogen-bond acceptors (Lipinski definition) is 7. The minimum absolute atomic E-state index is 0.00181. The molecule has 0 atom stereocenters. The summed E-state index contributed by atoms with van der Waals surface area (Å²) in [6, 6.07) is 10.4. The van der Waals surface area contributed by atoms with Gasteiger partial charge in [-0.15, -0.1) is 0 Å². The molecular formula is C19H17NO7S. The number of fused-ring (bicyclic) bond motifs is 1. The lowest BCUT2D eigenvalue weighted by Gasteiger charge is -2.13. The van der Waals surface area contributed by atoms with Gasteiger partial charge in [0, 0.05) is 11.5 Å². The summed E-state index contributed by atoms with van der Waals surface area (Å²) in [5.41, 5.74) is 0.794. The van der Waals surface area contributed by atoms with Gasteiger partial charge in [-0.3, -0.25) is 0 Å². The number of primary sulfonamides is 1. The van der Waals surface area contributed by atoms with Gasteiger partial charge in [0.05, 0.1) is 12.0 Å². The molecule has 0 saturated heterocycles. The fourth-order valence-electron chi connectivity index (χ4n) is 2.72. The molecule has 8 nitrogen and oxygen atoms in total. The molecule has 0 bridgehead atoms. The van der Waals surface area contributed by atoms with E-state index in [9.17, 15) is 18.0 Å². The van der Waals surface area contributed by atoms with E-state index >= 15 is 0 Å². The van der Waals surface area contributed by atoms with Crippen LogP contribution < -0.4 is 15.5 Å². The van der Waals surface area contributed by atoms with Crippen LogP contribution in [0.5, 0.6) is 5.75 Å². The molecule has 2 aromatic carbocycles. The lowest BCUT2D eigenvalue weighted by Crippen LogP contribution is -2.12. The predicted octanol–water partition coefficient (Wildman–Crippen LogP) is 2.11. The van der Waals surface area contributed by atoms with E-state index in [0.717, 1.165) is 0 Å². The van der Waals surface area contributed by atoms with E-state index in [-0.39, 0.29) is 28.4 Å². The zero-order valence-corrected chi connectivity index (χ0v) is 15.9. The van der Waals surface area contributed by atoms with Crippen molar-refractivity contribution in [3.63, 3.8) is 0 Å². The second-order valence-electron chi connectivity index (χ2n) is 6.03. The highest BCUT2D eigenvalue weighted by atomic mass is 32.2. The Morgan fingerprint density at radius 2 is 1.82 bits per heavy atom. The number of methoxy groups -OCH3 is 1. The lowest BCUT2D eigenvalue weighted by molar-refractivity contribution is 0.0596. The number of aryl methyl sites for hydroxylation is 1. The van der Waals surface area contributed by atoms with Crippen LogP contribution >= 0.6 is 0 Å². The third kappa shape index (κ3) is 3.90. The Labute approximate surface area is 160 Å². The number of benzene rings is 2. The van der Waals surface area contributed by atoms with E-state index in [1.807, 2.05) is 0 Å². The summed E-state index contributed by atoms with van der Waals surface area (Å²) in [6.45, 7) is 1.77. The third-order valence-corrected chi connectivity index (χ3v) is 5.05. The number of carbonyl (C=O) groups excluding carboxylic acids is 1. The highest BCUT2D eigenvalue weighted by Gasteiger charge is 2.21. The molecule has 0 amide bonds. The van der Waals surface area contributed by atoms with Crippen molar-refractivity contribution in [2.24, 2.45) is 5.14 Å². The Morgan fingerprint density at radius 1 is 1.14 bits per heavy atom. The van der Waals surface area contributed by atoms with Crippen LogP contribution in [0.25, 0.3) is 11.0 Å². The molecule has 0 radical (unpaired) electrons. The summed E-state index contributed by atoms with van der Waals surface area (Å²) >= 11 is 0. The number of nitrogens with two attached hydrogens (primary N) is 1. The third-order valence-electron chi connectivity index (χ3n) is 4.12. The van der Waals surface area contributed by atoms with Crippen molar-refractivity contribution in [1.29, 1.82) is 0 Å². The molecule has 28 heavy (non-hydrogen) atoms. The molecule has 3 rings (SSSR count). The highest BCUT2D eigenvalue weighted by Crippen LogP contribution is 2.30. The van der Waals surface area contributed by atoms with Gasteiger partial charge in [0.2, 0.25) is 10.0 Å². The van der Waals surface area contributed by atoms with Gasteiger partial charge in [-0.25, -0.2) is 23.1 Å². The molecule has 0 unspecified atom stereocenters. The molecule has 1 aromatic heterocycles. The minimum Gasteiger partial charge on any atom is -0.488 e. The van der Waals surface area contributed by atoms with Gasteiger partial charge in [-0.1, -0.05) is 12.1 Å². The van der Waals surface area contributed by atoms with Crippen molar-refractivity contribution in [2.75, 3.05) is 7.11 Å². The number of esters is 1. The lowest BCUT2D eigenvalue weighted by atomic mass is 10.1. The van der Waals surface area contributed by atoms with Crippen molar-refractivity contribution < 1.29 is 27.1 Å². The number of sulfonamides is 1. The molecule has 3 aromatic rings. The van der Waals surface area contributed by atoms with Gasteiger partial charge in [0.1, 0.15) is 17.9 Å². The SMILES string of the molecule is COC(=O)c1c(OCc2ccc(S(N)(=O)=O)cc2)ccc2c(C)cc(=O)oc12. The Morgan fingerprint density at radius 3 is 2.43 bits per heavy atom. The summed E-state index contributed by atoms with van der Waals surface area (Å²) in [5.74, 6) is -0.539. The van der Waals surface area contributed by atoms with Crippen molar-refractivity contribution in [3.8, 4) is 5.75 Å². The first-order valence-electron chi connectivity index (χ1n) is 8.11. The van der Waals surface area contributed by atoms with Crippen molar-refractivity contribution in [1.82, 2.24) is 0 Å². The van der Waals surface area contributed by atoms with Crippen LogP contribution in [0, 0.1) is 6.92 Å². The van der Waals surface area contributed by atoms with Gasteiger partial charge in [-0.05, 0) is 42.3 Å². The Bertz CT molecular complexity index is 1210. The Balaban J connectivity index is 1.99. The quantitative estimate of drug-likeness (QED) is 0.511. The maximum Gasteiger partial charge on any atom is 0.345 e. The van der Waals surface area contributed by atoms with Crippen LogP contribution in [0.3, 0.4) is 0 Å². The molecule has 1 heterocycles. The molecule has 9 heteroatoms. The molecular weight excluding hydrogens is 386 g/mol. The van der Waals surface area contributed by atoms with Crippen molar-refractivity contribution in [3.05, 3.63) is 69.6 Å². The monoisotopic (exact) mass is 403 g/mol. The normalized spacial score (nSPS) is 11.4. The van der Waals surface area contributed by atoms with Gasteiger partial charge < -0.3 is 13.9 Å². The van der Waals surface area contributed by atoms with Gasteiger partial charge in [-0.2, -0.15) is 0 Å². The smallest absolute Gasteiger partial charge is 0.345 e. The molecule has 146 valence electrons. The average molecular weight is 403 g/mol. The summed E-state index contributed by atoms with van der Waals surface area (Å²) in [6.07, 6.45) is 0. The molecule has 0 fully saturated rings. The maximum absolute atomic E-state index is 12.3. The first-order chi connectivity index (χ1) is 13.2. The summed E-state index contributed by atoms with van der Waals surface area (Å²) in [7, 11) is -2.57. The molecule has 0 aliphatic rings. The number of carbonyl (C=O) groups is 1. The first kappa shape index (κ1) is 19.6. The standard InChI is InChI=1S/C19H17NO7S/c1-11-9-16(21)27-18-14(11)7-8-15(17(18)19(22)25-2)26-10-12-3-5-13(6-4-12)28(20,23)24/h3-9H,10H2,1-2H3,(H2,20,23,24). The molecule has 2 N–H and O–H groups in total. The van der Waals surface area contributed by atoms with Gasteiger partial charge in [0.15, 0.2) is 5.58 Å². The Hall–Kier alpha value is -3.17. The maximum atomic E-state index is 12.3. The molecule has 0 aliphatic heterocycles. The average Bonchev–Trinajstić information content (AvgIpc) is 2.64. The second-order valence-corrected chi connectivity index (χ2v) is 7.59. The van der Waals surface area contributed by atoms with Crippen molar-refractivity contribution in [2.45, 2.75) is 18.4 Å². The topological polar surface area (TPSA) is 126 Å². The van der Waals surface area contributed by atoms with Crippen LogP contribution in [0.15, 0.2) is 56.6 Å². The summed E-state index contributed by atoms with van der Waals surface area (Å²) < 4.78 is 38.4. The summed E-state index contributed by atoms with van der Waals surface area (Å²) in [5, 5.41) is 5.66. The van der Waals surface area contributed by atoms with Crippen LogP contribution in [0.1, 0.15) is 21.5 Å². The van der Waals surface area contributed by atoms with Crippen LogP contribution in [-0.2, 0) is 21.4 Å². The number of ether oxygens (including phenoxy) is 2. The van der Waals surface area contributed by atoms with Crippen molar-refractivity contribution >= 4 is 27.0 Å². The summed E-state index contributed by atoms with van der Waals surface area (Å²) in [4.78, 5) is 24.0. The van der Waals surface area contributed by atoms with E-state index in [4.69, 9.17) is 19.0 Å². The zero-order chi connectivity index (χ0) is 20.5. The second kappa shape index (κ2) is 7.45. The predicted molar refractivity (Wildman–Crippen MR) is 101 cm³/mol. The van der Waals surface area contributed by atoms with Crippen LogP contribution in [0.4, 0.5) is 0 Å². The fraction of sp³-hybridized carbons (Fsp3) is 0.158. The molecule has 0 aliphatic carbocycles. The number of hydrogen-bond donors (Lipinski definition) is 1. The van der Waals surface area contributed by atoms with E-state index in [0.29, 0.717) is 16.5 Å². The van der Waals surface area contributed by atoms with Crippen LogP contribution in [0.2, 0.25) is 0 Å². The van der Waals surface area contributed by atoms with Crippen LogP contribution in [-0.4, -0.2) is 21.5 Å². The fourth-order valence-corrected chi connectivity index (χ4v) is 3.23. The van der Waals surface area contributed by atoms with Gasteiger partial charge in [0.25, 0.3) is 0 Å². The highest BCUT2D eigenvalue weighted by molar-refractivity contribution is 7.89. The van der Waals surface area contributed by atoms with Gasteiger partial charge >= 0.3 is 11.6 Å². The first-order valence-corrected chi connectivity index (χ1v) is 9.65. The number of rotatable bonds is 5. The van der Waals surface area contributed by atoms with E-state index in [1.54, 1.807) is 31.2 Å². The van der Waals surface area contributed by atoms with E-state index in [1.165, 1.54) is 25.3 Å². The van der Waals surface area contributed by atoms with E-state index < -0.39 is 21.6 Å².